The molecule has 3 nitrogen and oxygen atoms in total. The van der Waals surface area contributed by atoms with Gasteiger partial charge in [-0.2, -0.15) is 0 Å². The van der Waals surface area contributed by atoms with E-state index in [1.165, 1.54) is 0 Å². The molecular formula is C19H19NO2. The van der Waals surface area contributed by atoms with E-state index < -0.39 is 5.54 Å². The number of hydrogen-bond donors (Lipinski definition) is 0. The van der Waals surface area contributed by atoms with E-state index in [1.54, 1.807) is 0 Å². The van der Waals surface area contributed by atoms with Gasteiger partial charge in [0, 0.05) is 18.5 Å². The minimum Gasteiger partial charge on any atom is -0.325 e. The Balaban J connectivity index is 2.09. The molecule has 1 aliphatic rings. The fourth-order valence-corrected chi connectivity index (χ4v) is 3.32. The zero-order valence-corrected chi connectivity index (χ0v) is 12.7. The smallest absolute Gasteiger partial charge is 0.255 e. The van der Waals surface area contributed by atoms with Crippen molar-refractivity contribution in [2.45, 2.75) is 25.3 Å². The molecule has 0 bridgehead atoms. The SMILES string of the molecule is CC1(c2ccccc2)c2ccccc2C(=O)N1CCCC=O. The second-order valence-corrected chi connectivity index (χ2v) is 5.75. The summed E-state index contributed by atoms with van der Waals surface area (Å²) >= 11 is 0. The van der Waals surface area contributed by atoms with Crippen LogP contribution in [0.5, 0.6) is 0 Å². The van der Waals surface area contributed by atoms with Crippen LogP contribution in [0.1, 0.15) is 41.3 Å². The standard InChI is InChI=1S/C19H19NO2/c1-19(15-9-3-2-4-10-15)17-12-6-5-11-16(17)18(22)20(19)13-7-8-14-21/h2-6,9-12,14H,7-8,13H2,1H3. The number of rotatable bonds is 5. The third kappa shape index (κ3) is 2.13. The normalized spacial score (nSPS) is 20.0. The second-order valence-electron chi connectivity index (χ2n) is 5.75. The first-order valence-electron chi connectivity index (χ1n) is 7.60. The van der Waals surface area contributed by atoms with Crippen LogP contribution in [-0.2, 0) is 10.3 Å². The van der Waals surface area contributed by atoms with Gasteiger partial charge < -0.3 is 9.69 Å². The van der Waals surface area contributed by atoms with Crippen molar-refractivity contribution < 1.29 is 9.59 Å². The molecule has 0 saturated heterocycles. The maximum Gasteiger partial charge on any atom is 0.255 e. The molecule has 1 heterocycles. The number of hydrogen-bond acceptors (Lipinski definition) is 2. The van der Waals surface area contributed by atoms with Crippen LogP contribution in [0.4, 0.5) is 0 Å². The van der Waals surface area contributed by atoms with Gasteiger partial charge in [-0.15, -0.1) is 0 Å². The van der Waals surface area contributed by atoms with Gasteiger partial charge in [0.2, 0.25) is 0 Å². The molecule has 0 aliphatic carbocycles. The van der Waals surface area contributed by atoms with Gasteiger partial charge in [0.1, 0.15) is 6.29 Å². The molecule has 2 aromatic carbocycles. The van der Waals surface area contributed by atoms with Crippen molar-refractivity contribution in [2.75, 3.05) is 6.54 Å². The topological polar surface area (TPSA) is 37.4 Å². The lowest BCUT2D eigenvalue weighted by molar-refractivity contribution is -0.108. The molecule has 0 fully saturated rings. The lowest BCUT2D eigenvalue weighted by Gasteiger charge is -2.36. The van der Waals surface area contributed by atoms with Crippen LogP contribution in [0.3, 0.4) is 0 Å². The molecule has 0 saturated carbocycles. The molecule has 2 aromatic rings. The van der Waals surface area contributed by atoms with E-state index in [-0.39, 0.29) is 5.91 Å². The van der Waals surface area contributed by atoms with Crippen molar-refractivity contribution in [2.24, 2.45) is 0 Å². The number of unbranched alkanes of at least 4 members (excludes halogenated alkanes) is 1. The molecule has 1 atom stereocenters. The summed E-state index contributed by atoms with van der Waals surface area (Å²) in [6, 6.07) is 17.9. The summed E-state index contributed by atoms with van der Waals surface area (Å²) < 4.78 is 0. The third-order valence-corrected chi connectivity index (χ3v) is 4.51. The zero-order chi connectivity index (χ0) is 15.6. The number of amides is 1. The first kappa shape index (κ1) is 14.5. The minimum absolute atomic E-state index is 0.0489. The molecule has 3 heteroatoms. The van der Waals surface area contributed by atoms with Crippen molar-refractivity contribution in [3.8, 4) is 0 Å². The Labute approximate surface area is 130 Å². The summed E-state index contributed by atoms with van der Waals surface area (Å²) in [5.74, 6) is 0.0489. The highest BCUT2D eigenvalue weighted by atomic mass is 16.2. The maximum atomic E-state index is 12.8. The number of fused-ring (bicyclic) bond motifs is 1. The number of benzene rings is 2. The average Bonchev–Trinajstić information content (AvgIpc) is 2.79. The Hall–Kier alpha value is -2.42. The van der Waals surface area contributed by atoms with Gasteiger partial charge >= 0.3 is 0 Å². The highest BCUT2D eigenvalue weighted by Gasteiger charge is 2.46. The lowest BCUT2D eigenvalue weighted by atomic mass is 9.84. The van der Waals surface area contributed by atoms with Crippen molar-refractivity contribution >= 4 is 12.2 Å². The molecule has 1 unspecified atom stereocenters. The molecule has 0 radical (unpaired) electrons. The van der Waals surface area contributed by atoms with Gasteiger partial charge in [0.25, 0.3) is 5.91 Å². The molecule has 112 valence electrons. The monoisotopic (exact) mass is 293 g/mol. The quantitative estimate of drug-likeness (QED) is 0.626. The van der Waals surface area contributed by atoms with Crippen LogP contribution in [0, 0.1) is 0 Å². The van der Waals surface area contributed by atoms with Crippen molar-refractivity contribution in [3.05, 3.63) is 71.3 Å². The van der Waals surface area contributed by atoms with Crippen LogP contribution < -0.4 is 0 Å². The Morgan fingerprint density at radius 2 is 1.73 bits per heavy atom. The van der Waals surface area contributed by atoms with Gasteiger partial charge in [0.15, 0.2) is 0 Å². The largest absolute Gasteiger partial charge is 0.325 e. The van der Waals surface area contributed by atoms with E-state index in [4.69, 9.17) is 0 Å². The van der Waals surface area contributed by atoms with Crippen molar-refractivity contribution in [3.63, 3.8) is 0 Å². The van der Waals surface area contributed by atoms with Crippen LogP contribution in [0.2, 0.25) is 0 Å². The summed E-state index contributed by atoms with van der Waals surface area (Å²) in [6.07, 6.45) is 2.07. The molecule has 1 aliphatic heterocycles. The molecule has 0 spiro atoms. The fourth-order valence-electron chi connectivity index (χ4n) is 3.32. The van der Waals surface area contributed by atoms with E-state index in [1.807, 2.05) is 47.4 Å². The second kappa shape index (κ2) is 5.76. The predicted octanol–water partition coefficient (Wildman–Crippen LogP) is 3.39. The number of nitrogens with zero attached hydrogens (tertiary/aromatic N) is 1. The van der Waals surface area contributed by atoms with E-state index in [9.17, 15) is 9.59 Å². The average molecular weight is 293 g/mol. The van der Waals surface area contributed by atoms with Crippen LogP contribution in [0.25, 0.3) is 0 Å². The van der Waals surface area contributed by atoms with E-state index in [2.05, 4.69) is 19.1 Å². The first-order valence-corrected chi connectivity index (χ1v) is 7.60. The zero-order valence-electron chi connectivity index (χ0n) is 12.7. The molecule has 0 N–H and O–H groups in total. The summed E-state index contributed by atoms with van der Waals surface area (Å²) in [7, 11) is 0. The van der Waals surface area contributed by atoms with Crippen LogP contribution >= 0.6 is 0 Å². The summed E-state index contributed by atoms with van der Waals surface area (Å²) in [6.45, 7) is 2.67. The lowest BCUT2D eigenvalue weighted by Crippen LogP contribution is -2.43. The van der Waals surface area contributed by atoms with Gasteiger partial charge in [0.05, 0.1) is 5.54 Å². The third-order valence-electron chi connectivity index (χ3n) is 4.51. The summed E-state index contributed by atoms with van der Waals surface area (Å²) in [5, 5.41) is 0. The van der Waals surface area contributed by atoms with Gasteiger partial charge in [-0.05, 0) is 30.5 Å². The highest BCUT2D eigenvalue weighted by Crippen LogP contribution is 2.43. The molecule has 22 heavy (non-hydrogen) atoms. The van der Waals surface area contributed by atoms with Crippen molar-refractivity contribution in [1.82, 2.24) is 4.90 Å². The number of aldehydes is 1. The van der Waals surface area contributed by atoms with E-state index in [0.717, 1.165) is 23.0 Å². The van der Waals surface area contributed by atoms with Gasteiger partial charge in [-0.3, -0.25) is 4.79 Å². The first-order chi connectivity index (χ1) is 10.7. The number of carbonyl (C=O) groups is 2. The van der Waals surface area contributed by atoms with Crippen LogP contribution in [-0.4, -0.2) is 23.6 Å². The van der Waals surface area contributed by atoms with E-state index >= 15 is 0 Å². The minimum atomic E-state index is -0.474. The summed E-state index contributed by atoms with van der Waals surface area (Å²) in [5.41, 5.74) is 2.43. The maximum absolute atomic E-state index is 12.8. The summed E-state index contributed by atoms with van der Waals surface area (Å²) in [4.78, 5) is 25.3. The fraction of sp³-hybridized carbons (Fsp3) is 0.263. The van der Waals surface area contributed by atoms with Crippen molar-refractivity contribution in [1.29, 1.82) is 0 Å². The molecule has 0 aromatic heterocycles. The Bertz CT molecular complexity index is 696. The predicted molar refractivity (Wildman–Crippen MR) is 85.7 cm³/mol. The Kier molecular flexibility index (Phi) is 3.80. The Morgan fingerprint density at radius 1 is 1.05 bits per heavy atom. The van der Waals surface area contributed by atoms with Gasteiger partial charge in [-0.1, -0.05) is 48.5 Å². The van der Waals surface area contributed by atoms with E-state index in [0.29, 0.717) is 19.4 Å². The number of carbonyl (C=O) groups excluding carboxylic acids is 2. The van der Waals surface area contributed by atoms with Crippen LogP contribution in [0.15, 0.2) is 54.6 Å². The molecule has 1 amide bonds. The molecule has 3 rings (SSSR count). The molecular weight excluding hydrogens is 274 g/mol. The Morgan fingerprint density at radius 3 is 2.45 bits per heavy atom. The highest BCUT2D eigenvalue weighted by molar-refractivity contribution is 6.00. The van der Waals surface area contributed by atoms with Gasteiger partial charge in [-0.25, -0.2) is 0 Å².